The van der Waals surface area contributed by atoms with Crippen LogP contribution in [0.15, 0.2) is 18.2 Å². The number of imide groups is 1. The van der Waals surface area contributed by atoms with Gasteiger partial charge in [0.1, 0.15) is 6.04 Å². The molecule has 1 aromatic carbocycles. The van der Waals surface area contributed by atoms with Crippen LogP contribution in [-0.2, 0) is 22.7 Å². The Kier molecular flexibility index (Phi) is 5.35. The molecule has 4 rings (SSSR count). The maximum absolute atomic E-state index is 13.2. The number of carbonyl (C=O) groups is 3. The summed E-state index contributed by atoms with van der Waals surface area (Å²) < 4.78 is 26.4. The first-order chi connectivity index (χ1) is 13.8. The van der Waals surface area contributed by atoms with Crippen molar-refractivity contribution in [2.75, 3.05) is 13.1 Å². The highest BCUT2D eigenvalue weighted by molar-refractivity contribution is 6.05. The zero-order valence-electron chi connectivity index (χ0n) is 16.0. The summed E-state index contributed by atoms with van der Waals surface area (Å²) in [5, 5.41) is 8.36. The van der Waals surface area contributed by atoms with Gasteiger partial charge in [-0.1, -0.05) is 12.1 Å². The fourth-order valence-electron chi connectivity index (χ4n) is 4.22. The van der Waals surface area contributed by atoms with Gasteiger partial charge in [0.25, 0.3) is 11.8 Å². The van der Waals surface area contributed by atoms with Gasteiger partial charge in [0, 0.05) is 37.5 Å². The third kappa shape index (κ3) is 4.30. The maximum atomic E-state index is 13.2. The smallest absolute Gasteiger partial charge is 0.261 e. The number of hydrogen-bond acceptors (Lipinski definition) is 5. The molecule has 3 aliphatic rings. The van der Waals surface area contributed by atoms with Crippen LogP contribution in [0, 0.1) is 0 Å². The molecule has 2 saturated heterocycles. The second kappa shape index (κ2) is 7.79. The first-order valence-electron chi connectivity index (χ1n) is 9.91. The Hall–Kier alpha value is -2.39. The van der Waals surface area contributed by atoms with Crippen LogP contribution >= 0.6 is 0 Å². The Bertz CT molecular complexity index is 845. The average molecular weight is 406 g/mol. The lowest BCUT2D eigenvalue weighted by molar-refractivity contribution is -0.136. The van der Waals surface area contributed by atoms with Gasteiger partial charge in [-0.05, 0) is 36.6 Å². The molecule has 2 fully saturated rings. The number of benzene rings is 1. The third-order valence-corrected chi connectivity index (χ3v) is 5.79. The Balaban J connectivity index is 1.31. The molecule has 156 valence electrons. The normalized spacial score (nSPS) is 26.0. The monoisotopic (exact) mass is 406 g/mol. The van der Waals surface area contributed by atoms with Crippen molar-refractivity contribution in [2.45, 2.75) is 56.8 Å². The minimum atomic E-state index is -2.61. The summed E-state index contributed by atoms with van der Waals surface area (Å²) >= 11 is 0. The predicted octanol–water partition coefficient (Wildman–Crippen LogP) is 0.925. The van der Waals surface area contributed by atoms with Crippen LogP contribution in [0.5, 0.6) is 0 Å². The summed E-state index contributed by atoms with van der Waals surface area (Å²) in [7, 11) is 0. The van der Waals surface area contributed by atoms with E-state index in [2.05, 4.69) is 16.0 Å². The lowest BCUT2D eigenvalue weighted by Gasteiger charge is -2.29. The summed E-state index contributed by atoms with van der Waals surface area (Å²) in [6.45, 7) is 1.23. The fraction of sp³-hybridized carbons (Fsp3) is 0.550. The Labute approximate surface area is 167 Å². The average Bonchev–Trinajstić information content (AvgIpc) is 3.18. The highest BCUT2D eigenvalue weighted by Crippen LogP contribution is 2.28. The van der Waals surface area contributed by atoms with Crippen molar-refractivity contribution in [3.8, 4) is 0 Å². The molecule has 0 saturated carbocycles. The number of nitrogens with one attached hydrogen (secondary N) is 3. The Morgan fingerprint density at radius 1 is 1.24 bits per heavy atom. The van der Waals surface area contributed by atoms with Crippen molar-refractivity contribution >= 4 is 17.7 Å². The molecule has 9 heteroatoms. The van der Waals surface area contributed by atoms with Gasteiger partial charge >= 0.3 is 0 Å². The third-order valence-electron chi connectivity index (χ3n) is 5.79. The molecule has 0 radical (unpaired) electrons. The molecule has 29 heavy (non-hydrogen) atoms. The molecule has 3 aliphatic heterocycles. The first-order valence-corrected chi connectivity index (χ1v) is 9.91. The molecule has 0 spiro atoms. The van der Waals surface area contributed by atoms with E-state index in [9.17, 15) is 23.2 Å². The van der Waals surface area contributed by atoms with Crippen LogP contribution in [0.3, 0.4) is 0 Å². The molecular weight excluding hydrogens is 382 g/mol. The molecule has 0 aromatic heterocycles. The van der Waals surface area contributed by atoms with Crippen LogP contribution in [-0.4, -0.2) is 53.7 Å². The SMILES string of the molecule is O=C1CCC(N2Cc3ccc(CNCCC4CC(F)(F)CN4)cc3C2=O)C(=O)N1. The van der Waals surface area contributed by atoms with Crippen molar-refractivity contribution in [2.24, 2.45) is 0 Å². The van der Waals surface area contributed by atoms with Crippen LogP contribution < -0.4 is 16.0 Å². The first kappa shape index (κ1) is 19.9. The van der Waals surface area contributed by atoms with Gasteiger partial charge in [-0.2, -0.15) is 0 Å². The highest BCUT2D eigenvalue weighted by atomic mass is 19.3. The zero-order valence-corrected chi connectivity index (χ0v) is 16.0. The van der Waals surface area contributed by atoms with E-state index < -0.39 is 17.9 Å². The molecule has 0 bridgehead atoms. The molecule has 2 unspecified atom stereocenters. The van der Waals surface area contributed by atoms with E-state index in [1.165, 1.54) is 4.90 Å². The number of fused-ring (bicyclic) bond motifs is 1. The lowest BCUT2D eigenvalue weighted by atomic mass is 10.0. The van der Waals surface area contributed by atoms with Crippen molar-refractivity contribution in [1.29, 1.82) is 0 Å². The van der Waals surface area contributed by atoms with Gasteiger partial charge in [-0.3, -0.25) is 19.7 Å². The molecular formula is C20H24F2N4O3. The fourth-order valence-corrected chi connectivity index (χ4v) is 4.22. The topological polar surface area (TPSA) is 90.5 Å². The second-order valence-electron chi connectivity index (χ2n) is 7.99. The van der Waals surface area contributed by atoms with E-state index in [1.54, 1.807) is 0 Å². The van der Waals surface area contributed by atoms with E-state index in [-0.39, 0.29) is 37.2 Å². The largest absolute Gasteiger partial charge is 0.322 e. The number of amides is 3. The van der Waals surface area contributed by atoms with Crippen molar-refractivity contribution in [3.63, 3.8) is 0 Å². The molecule has 7 nitrogen and oxygen atoms in total. The van der Waals surface area contributed by atoms with Gasteiger partial charge in [0.15, 0.2) is 0 Å². The molecule has 3 N–H and O–H groups in total. The highest BCUT2D eigenvalue weighted by Gasteiger charge is 2.39. The van der Waals surface area contributed by atoms with E-state index in [0.717, 1.165) is 11.1 Å². The van der Waals surface area contributed by atoms with Crippen LogP contribution in [0.1, 0.15) is 47.2 Å². The second-order valence-corrected chi connectivity index (χ2v) is 7.99. The number of hydrogen-bond donors (Lipinski definition) is 3. The number of rotatable bonds is 6. The van der Waals surface area contributed by atoms with E-state index >= 15 is 0 Å². The standard InChI is InChI=1S/C20H24F2N4O3/c21-20(22)8-14(24-11-20)5-6-23-9-12-1-2-13-10-26(19(29)15(13)7-12)16-3-4-17(27)25-18(16)28/h1-2,7,14,16,23-24H,3-6,8-11H2,(H,25,27,28). The number of carbonyl (C=O) groups excluding carboxylic acids is 3. The number of nitrogens with zero attached hydrogens (tertiary/aromatic N) is 1. The van der Waals surface area contributed by atoms with E-state index in [4.69, 9.17) is 0 Å². The van der Waals surface area contributed by atoms with Gasteiger partial charge in [-0.25, -0.2) is 8.78 Å². The molecule has 3 amide bonds. The summed E-state index contributed by atoms with van der Waals surface area (Å²) in [5.41, 5.74) is 2.36. The van der Waals surface area contributed by atoms with Gasteiger partial charge in [0.05, 0.1) is 6.54 Å². The maximum Gasteiger partial charge on any atom is 0.261 e. The zero-order chi connectivity index (χ0) is 20.6. The van der Waals surface area contributed by atoms with Gasteiger partial charge in [-0.15, -0.1) is 0 Å². The summed E-state index contributed by atoms with van der Waals surface area (Å²) in [6, 6.07) is 4.83. The van der Waals surface area contributed by atoms with Crippen molar-refractivity contribution in [1.82, 2.24) is 20.9 Å². The minimum absolute atomic E-state index is 0.127. The summed E-state index contributed by atoms with van der Waals surface area (Å²) in [6.07, 6.45) is 1.06. The van der Waals surface area contributed by atoms with Crippen molar-refractivity contribution in [3.05, 3.63) is 34.9 Å². The number of halogens is 2. The number of alkyl halides is 2. The van der Waals surface area contributed by atoms with Crippen LogP contribution in [0.25, 0.3) is 0 Å². The van der Waals surface area contributed by atoms with Crippen molar-refractivity contribution < 1.29 is 23.2 Å². The number of piperidine rings is 1. The Morgan fingerprint density at radius 3 is 2.79 bits per heavy atom. The van der Waals surface area contributed by atoms with Crippen LogP contribution in [0.2, 0.25) is 0 Å². The van der Waals surface area contributed by atoms with Gasteiger partial charge in [0.2, 0.25) is 11.8 Å². The molecule has 3 heterocycles. The quantitative estimate of drug-likeness (QED) is 0.483. The minimum Gasteiger partial charge on any atom is -0.322 e. The summed E-state index contributed by atoms with van der Waals surface area (Å²) in [5.74, 6) is -3.54. The predicted molar refractivity (Wildman–Crippen MR) is 100 cm³/mol. The van der Waals surface area contributed by atoms with Crippen LogP contribution in [0.4, 0.5) is 8.78 Å². The molecule has 1 aromatic rings. The molecule has 0 aliphatic carbocycles. The van der Waals surface area contributed by atoms with E-state index in [1.807, 2.05) is 18.2 Å². The van der Waals surface area contributed by atoms with E-state index in [0.29, 0.717) is 38.0 Å². The van der Waals surface area contributed by atoms with Gasteiger partial charge < -0.3 is 15.5 Å². The summed E-state index contributed by atoms with van der Waals surface area (Å²) in [4.78, 5) is 37.8. The Morgan fingerprint density at radius 2 is 2.07 bits per heavy atom. The lowest BCUT2D eigenvalue weighted by Crippen LogP contribution is -2.52. The molecule has 2 atom stereocenters.